The second-order valence-corrected chi connectivity index (χ2v) is 8.97. The highest BCUT2D eigenvalue weighted by Crippen LogP contribution is 2.46. The lowest BCUT2D eigenvalue weighted by Crippen LogP contribution is -2.56. The summed E-state index contributed by atoms with van der Waals surface area (Å²) >= 11 is 3.51. The minimum Gasteiger partial charge on any atom is -0.307 e. The van der Waals surface area contributed by atoms with Crippen molar-refractivity contribution >= 4 is 27.5 Å². The van der Waals surface area contributed by atoms with Gasteiger partial charge in [-0.15, -0.1) is 0 Å². The molecule has 140 valence electrons. The summed E-state index contributed by atoms with van der Waals surface area (Å²) < 4.78 is 0.945. The molecular formula is C20H27BrN4O. The van der Waals surface area contributed by atoms with E-state index < -0.39 is 5.41 Å². The Labute approximate surface area is 164 Å². The number of pyridine rings is 1. The van der Waals surface area contributed by atoms with E-state index in [2.05, 4.69) is 38.5 Å². The van der Waals surface area contributed by atoms with Gasteiger partial charge in [-0.25, -0.2) is 5.26 Å². The summed E-state index contributed by atoms with van der Waals surface area (Å²) in [6.07, 6.45) is 9.42. The maximum absolute atomic E-state index is 13.0. The first-order valence-corrected chi connectivity index (χ1v) is 10.3. The van der Waals surface area contributed by atoms with Gasteiger partial charge < -0.3 is 9.80 Å². The number of hydrogen-bond donors (Lipinski definition) is 0. The highest BCUT2D eigenvalue weighted by Gasteiger charge is 2.51. The van der Waals surface area contributed by atoms with Crippen LogP contribution < -0.4 is 4.90 Å². The van der Waals surface area contributed by atoms with Crippen molar-refractivity contribution in [2.75, 3.05) is 18.0 Å². The van der Waals surface area contributed by atoms with Crippen molar-refractivity contribution < 1.29 is 4.79 Å². The molecule has 0 radical (unpaired) electrons. The Kier molecular flexibility index (Phi) is 5.69. The van der Waals surface area contributed by atoms with Crippen molar-refractivity contribution in [1.82, 2.24) is 9.88 Å². The number of nitrogens with zero attached hydrogens (tertiary/aromatic N) is 4. The number of fused-ring (bicyclic) bond motifs is 1. The van der Waals surface area contributed by atoms with Gasteiger partial charge in [0, 0.05) is 29.3 Å². The first-order valence-electron chi connectivity index (χ1n) is 9.48. The maximum atomic E-state index is 13.0. The van der Waals surface area contributed by atoms with Crippen molar-refractivity contribution in [3.05, 3.63) is 22.4 Å². The van der Waals surface area contributed by atoms with Gasteiger partial charge in [0.2, 0.25) is 5.91 Å². The number of aromatic nitrogens is 1. The average molecular weight is 419 g/mol. The van der Waals surface area contributed by atoms with Crippen molar-refractivity contribution in [2.45, 2.75) is 69.9 Å². The minimum atomic E-state index is -0.510. The molecule has 0 spiro atoms. The molecule has 0 atom stereocenters. The Balaban J connectivity index is 0.000000948. The first-order chi connectivity index (χ1) is 12.5. The molecule has 4 rings (SSSR count). The molecule has 0 unspecified atom stereocenters. The summed E-state index contributed by atoms with van der Waals surface area (Å²) in [5.74, 6) is 0.211. The largest absolute Gasteiger partial charge is 0.307 e. The average Bonchev–Trinajstić information content (AvgIpc) is 2.80. The Morgan fingerprint density at radius 2 is 1.77 bits per heavy atom. The quantitative estimate of drug-likeness (QED) is 0.727. The van der Waals surface area contributed by atoms with Crippen molar-refractivity contribution in [1.29, 1.82) is 5.26 Å². The maximum Gasteiger partial charge on any atom is 0.239 e. The molecule has 2 aliphatic heterocycles. The van der Waals surface area contributed by atoms with Crippen LogP contribution in [0.25, 0.3) is 0 Å². The standard InChI is InChI=1S/C19H26BrN3O.CHN/c1-19(2)17-16(9-13(20)12-21-17)23(18(19)24)15-10-14(11-15)22-7-5-3-4-6-8-22;1-2/h9,12,14-15H,3-8,10-11H2,1-2H3;1H. The van der Waals surface area contributed by atoms with Gasteiger partial charge in [0.05, 0.1) is 16.8 Å². The molecule has 0 N–H and O–H groups in total. The predicted molar refractivity (Wildman–Crippen MR) is 106 cm³/mol. The van der Waals surface area contributed by atoms with Gasteiger partial charge in [-0.05, 0) is 74.6 Å². The highest BCUT2D eigenvalue weighted by molar-refractivity contribution is 9.10. The third kappa shape index (κ3) is 3.27. The zero-order valence-electron chi connectivity index (χ0n) is 15.6. The molecule has 2 fully saturated rings. The third-order valence-corrected chi connectivity index (χ3v) is 6.48. The molecule has 1 aliphatic carbocycles. The molecule has 0 aromatic carbocycles. The van der Waals surface area contributed by atoms with Gasteiger partial charge >= 0.3 is 0 Å². The second kappa shape index (κ2) is 7.66. The lowest BCUT2D eigenvalue weighted by atomic mass is 9.83. The van der Waals surface area contributed by atoms with Gasteiger partial charge in [-0.2, -0.15) is 0 Å². The van der Waals surface area contributed by atoms with E-state index in [1.807, 2.05) is 18.7 Å². The molecule has 1 saturated carbocycles. The van der Waals surface area contributed by atoms with Gasteiger partial charge in [0.1, 0.15) is 0 Å². The van der Waals surface area contributed by atoms with Crippen LogP contribution in [0.15, 0.2) is 16.7 Å². The predicted octanol–water partition coefficient (Wildman–Crippen LogP) is 4.02. The molecule has 1 aromatic heterocycles. The van der Waals surface area contributed by atoms with Crippen LogP contribution >= 0.6 is 15.9 Å². The number of amides is 1. The van der Waals surface area contributed by atoms with E-state index in [0.717, 1.165) is 28.7 Å². The molecule has 3 heterocycles. The summed E-state index contributed by atoms with van der Waals surface area (Å²) in [6, 6.07) is 3.06. The molecular weight excluding hydrogens is 392 g/mol. The Bertz CT molecular complexity index is 688. The van der Waals surface area contributed by atoms with Crippen LogP contribution in [0.1, 0.15) is 58.1 Å². The van der Waals surface area contributed by atoms with Crippen molar-refractivity contribution in [3.8, 4) is 6.57 Å². The fourth-order valence-corrected chi connectivity index (χ4v) is 4.82. The number of rotatable bonds is 2. The van der Waals surface area contributed by atoms with Crippen molar-refractivity contribution in [3.63, 3.8) is 0 Å². The van der Waals surface area contributed by atoms with Crippen LogP contribution in [0, 0.1) is 11.8 Å². The zero-order chi connectivity index (χ0) is 18.9. The van der Waals surface area contributed by atoms with E-state index in [9.17, 15) is 4.79 Å². The van der Waals surface area contributed by atoms with Crippen molar-refractivity contribution in [2.24, 2.45) is 0 Å². The fourth-order valence-electron chi connectivity index (χ4n) is 4.50. The fraction of sp³-hybridized carbons (Fsp3) is 0.650. The van der Waals surface area contributed by atoms with Crippen LogP contribution in [0.3, 0.4) is 0 Å². The van der Waals surface area contributed by atoms with E-state index in [1.165, 1.54) is 38.8 Å². The number of carbonyl (C=O) groups excluding carboxylic acids is 1. The molecule has 3 aliphatic rings. The monoisotopic (exact) mass is 418 g/mol. The molecule has 1 saturated heterocycles. The Morgan fingerprint density at radius 3 is 2.38 bits per heavy atom. The molecule has 26 heavy (non-hydrogen) atoms. The Hall–Kier alpha value is -1.45. The summed E-state index contributed by atoms with van der Waals surface area (Å²) in [5, 5.41) is 6.50. The summed E-state index contributed by atoms with van der Waals surface area (Å²) in [4.78, 5) is 22.3. The summed E-state index contributed by atoms with van der Waals surface area (Å²) in [7, 11) is 0. The second-order valence-electron chi connectivity index (χ2n) is 8.05. The molecule has 1 aromatic rings. The lowest BCUT2D eigenvalue weighted by Gasteiger charge is -2.46. The van der Waals surface area contributed by atoms with Crippen LogP contribution in [-0.4, -0.2) is 41.0 Å². The number of carbonyl (C=O) groups is 1. The number of hydrogen-bond acceptors (Lipinski definition) is 4. The summed E-state index contributed by atoms with van der Waals surface area (Å²) in [5.41, 5.74) is 1.43. The zero-order valence-corrected chi connectivity index (χ0v) is 17.2. The van der Waals surface area contributed by atoms with E-state index in [-0.39, 0.29) is 5.91 Å². The van der Waals surface area contributed by atoms with Crippen LogP contribution in [0.4, 0.5) is 5.69 Å². The first kappa shape index (κ1) is 19.3. The van der Waals surface area contributed by atoms with Gasteiger partial charge in [-0.1, -0.05) is 12.8 Å². The van der Waals surface area contributed by atoms with E-state index in [1.54, 1.807) is 6.20 Å². The van der Waals surface area contributed by atoms with Crippen LogP contribution in [-0.2, 0) is 10.2 Å². The SMILES string of the molecule is C#N.CC1(C)C(=O)N(C2CC(N3CCCCCC3)C2)c2cc(Br)cnc21. The van der Waals surface area contributed by atoms with E-state index in [0.29, 0.717) is 12.1 Å². The normalized spacial score (nSPS) is 27.7. The minimum absolute atomic E-state index is 0.211. The number of halogens is 1. The van der Waals surface area contributed by atoms with Gasteiger partial charge in [-0.3, -0.25) is 9.78 Å². The van der Waals surface area contributed by atoms with E-state index >= 15 is 0 Å². The molecule has 6 heteroatoms. The number of likely N-dealkylation sites (tertiary alicyclic amines) is 1. The van der Waals surface area contributed by atoms with Gasteiger partial charge in [0.25, 0.3) is 0 Å². The third-order valence-electron chi connectivity index (χ3n) is 6.05. The number of anilines is 1. The number of nitriles is 1. The van der Waals surface area contributed by atoms with Crippen LogP contribution in [0.5, 0.6) is 0 Å². The Morgan fingerprint density at radius 1 is 1.15 bits per heavy atom. The lowest BCUT2D eigenvalue weighted by molar-refractivity contribution is -0.123. The molecule has 1 amide bonds. The summed E-state index contributed by atoms with van der Waals surface area (Å²) in [6.45, 7) is 9.97. The highest BCUT2D eigenvalue weighted by atomic mass is 79.9. The van der Waals surface area contributed by atoms with Crippen LogP contribution in [0.2, 0.25) is 0 Å². The molecule has 5 nitrogen and oxygen atoms in total. The molecule has 0 bridgehead atoms. The smallest absolute Gasteiger partial charge is 0.239 e. The van der Waals surface area contributed by atoms with Gasteiger partial charge in [0.15, 0.2) is 0 Å². The topological polar surface area (TPSA) is 60.2 Å². The van der Waals surface area contributed by atoms with E-state index in [4.69, 9.17) is 5.26 Å².